The van der Waals surface area contributed by atoms with Gasteiger partial charge in [0.1, 0.15) is 0 Å². The molecule has 0 saturated carbocycles. The number of rotatable bonds is 3. The van der Waals surface area contributed by atoms with Crippen LogP contribution < -0.4 is 5.32 Å². The van der Waals surface area contributed by atoms with Gasteiger partial charge in [0, 0.05) is 6.04 Å². The summed E-state index contributed by atoms with van der Waals surface area (Å²) in [6, 6.07) is 22.2. The van der Waals surface area contributed by atoms with Gasteiger partial charge < -0.3 is 5.32 Å². The van der Waals surface area contributed by atoms with Crippen LogP contribution in [-0.2, 0) is 6.42 Å². The third-order valence-electron chi connectivity index (χ3n) is 3.85. The van der Waals surface area contributed by atoms with Crippen molar-refractivity contribution in [3.8, 4) is 0 Å². The molecule has 1 N–H and O–H groups in total. The maximum absolute atomic E-state index is 3.64. The second kappa shape index (κ2) is 5.36. The van der Waals surface area contributed by atoms with Gasteiger partial charge in [-0.2, -0.15) is 0 Å². The summed E-state index contributed by atoms with van der Waals surface area (Å²) in [6.45, 7) is 1.14. The van der Waals surface area contributed by atoms with Gasteiger partial charge in [-0.1, -0.05) is 60.7 Å². The van der Waals surface area contributed by atoms with Crippen LogP contribution >= 0.6 is 0 Å². The molecule has 0 radical (unpaired) electrons. The van der Waals surface area contributed by atoms with Crippen molar-refractivity contribution in [1.82, 2.24) is 5.32 Å². The van der Waals surface area contributed by atoms with Gasteiger partial charge in [0.2, 0.25) is 0 Å². The van der Waals surface area contributed by atoms with Gasteiger partial charge in [0.15, 0.2) is 0 Å². The minimum atomic E-state index is 0.520. The Balaban J connectivity index is 1.76. The first-order valence-corrected chi connectivity index (χ1v) is 6.76. The van der Waals surface area contributed by atoms with Crippen LogP contribution in [0.2, 0.25) is 0 Å². The topological polar surface area (TPSA) is 12.0 Å². The molecule has 3 rings (SSSR count). The standard InChI is InChI=1S/C17H19N/c1-3-7-14(8-4-1)13-16-11-12-18-17(16)15-9-5-2-6-10-15/h1-10,16-18H,11-13H2/t16-,17-/m1/s1. The van der Waals surface area contributed by atoms with E-state index in [1.807, 2.05) is 0 Å². The molecule has 1 aliphatic rings. The summed E-state index contributed by atoms with van der Waals surface area (Å²) in [6.07, 6.45) is 2.45. The first kappa shape index (κ1) is 11.5. The Bertz CT molecular complexity index is 477. The average Bonchev–Trinajstić information content (AvgIpc) is 2.89. The van der Waals surface area contributed by atoms with Gasteiger partial charge in [0.05, 0.1) is 0 Å². The largest absolute Gasteiger partial charge is 0.310 e. The maximum atomic E-state index is 3.64. The first-order valence-electron chi connectivity index (χ1n) is 6.76. The number of hydrogen-bond donors (Lipinski definition) is 1. The third kappa shape index (κ3) is 2.46. The molecule has 0 amide bonds. The van der Waals surface area contributed by atoms with Crippen molar-refractivity contribution in [2.45, 2.75) is 18.9 Å². The Kier molecular flexibility index (Phi) is 3.42. The quantitative estimate of drug-likeness (QED) is 0.860. The Morgan fingerprint density at radius 2 is 1.56 bits per heavy atom. The van der Waals surface area contributed by atoms with Crippen molar-refractivity contribution in [3.63, 3.8) is 0 Å². The molecule has 1 heteroatoms. The van der Waals surface area contributed by atoms with Crippen LogP contribution in [0.1, 0.15) is 23.6 Å². The summed E-state index contributed by atoms with van der Waals surface area (Å²) >= 11 is 0. The smallest absolute Gasteiger partial charge is 0.0352 e. The summed E-state index contributed by atoms with van der Waals surface area (Å²) in [4.78, 5) is 0. The second-order valence-electron chi connectivity index (χ2n) is 5.08. The first-order chi connectivity index (χ1) is 8.93. The predicted molar refractivity (Wildman–Crippen MR) is 75.4 cm³/mol. The average molecular weight is 237 g/mol. The van der Waals surface area contributed by atoms with E-state index in [9.17, 15) is 0 Å². The molecule has 0 aromatic heterocycles. The third-order valence-corrected chi connectivity index (χ3v) is 3.85. The van der Waals surface area contributed by atoms with Crippen LogP contribution in [0.4, 0.5) is 0 Å². The van der Waals surface area contributed by atoms with E-state index < -0.39 is 0 Å². The summed E-state index contributed by atoms with van der Waals surface area (Å²) < 4.78 is 0. The van der Waals surface area contributed by atoms with Crippen LogP contribution in [0, 0.1) is 5.92 Å². The van der Waals surface area contributed by atoms with Gasteiger partial charge in [-0.05, 0) is 36.4 Å². The van der Waals surface area contributed by atoms with Crippen molar-refractivity contribution >= 4 is 0 Å². The molecular formula is C17H19N. The van der Waals surface area contributed by atoms with Gasteiger partial charge >= 0.3 is 0 Å². The molecule has 0 spiro atoms. The van der Waals surface area contributed by atoms with E-state index in [1.165, 1.54) is 24.0 Å². The van der Waals surface area contributed by atoms with Crippen LogP contribution in [0.25, 0.3) is 0 Å². The minimum Gasteiger partial charge on any atom is -0.310 e. The fourth-order valence-electron chi connectivity index (χ4n) is 2.94. The van der Waals surface area contributed by atoms with E-state index >= 15 is 0 Å². The number of benzene rings is 2. The highest BCUT2D eigenvalue weighted by Crippen LogP contribution is 2.31. The van der Waals surface area contributed by atoms with Crippen LogP contribution in [0.5, 0.6) is 0 Å². The lowest BCUT2D eigenvalue weighted by Crippen LogP contribution is -2.19. The summed E-state index contributed by atoms with van der Waals surface area (Å²) in [5.41, 5.74) is 2.88. The lowest BCUT2D eigenvalue weighted by atomic mass is 9.89. The van der Waals surface area contributed by atoms with Crippen molar-refractivity contribution < 1.29 is 0 Å². The van der Waals surface area contributed by atoms with Crippen molar-refractivity contribution in [2.24, 2.45) is 5.92 Å². The molecule has 1 nitrogen and oxygen atoms in total. The Morgan fingerprint density at radius 1 is 0.889 bits per heavy atom. The zero-order valence-electron chi connectivity index (χ0n) is 10.5. The van der Waals surface area contributed by atoms with E-state index in [2.05, 4.69) is 66.0 Å². The monoisotopic (exact) mass is 237 g/mol. The fraction of sp³-hybridized carbons (Fsp3) is 0.294. The highest BCUT2D eigenvalue weighted by Gasteiger charge is 2.27. The molecule has 2 aromatic carbocycles. The molecule has 1 saturated heterocycles. The van der Waals surface area contributed by atoms with E-state index in [-0.39, 0.29) is 0 Å². The van der Waals surface area contributed by atoms with Crippen molar-refractivity contribution in [3.05, 3.63) is 71.8 Å². The normalized spacial score (nSPS) is 23.1. The minimum absolute atomic E-state index is 0.520. The van der Waals surface area contributed by atoms with Crippen LogP contribution in [0.3, 0.4) is 0 Å². The Morgan fingerprint density at radius 3 is 2.28 bits per heavy atom. The Hall–Kier alpha value is -1.60. The summed E-state index contributed by atoms with van der Waals surface area (Å²) in [5, 5.41) is 3.64. The molecule has 18 heavy (non-hydrogen) atoms. The SMILES string of the molecule is c1ccc(C[C@H]2CCN[C@@H]2c2ccccc2)cc1. The van der Waals surface area contributed by atoms with Gasteiger partial charge in [-0.25, -0.2) is 0 Å². The van der Waals surface area contributed by atoms with E-state index in [1.54, 1.807) is 0 Å². The summed E-state index contributed by atoms with van der Waals surface area (Å²) in [5.74, 6) is 0.717. The van der Waals surface area contributed by atoms with Gasteiger partial charge in [0.25, 0.3) is 0 Å². The molecule has 1 heterocycles. The van der Waals surface area contributed by atoms with Crippen molar-refractivity contribution in [1.29, 1.82) is 0 Å². The molecule has 92 valence electrons. The number of hydrogen-bond acceptors (Lipinski definition) is 1. The lowest BCUT2D eigenvalue weighted by Gasteiger charge is -2.20. The Labute approximate surface area is 109 Å². The fourth-order valence-corrected chi connectivity index (χ4v) is 2.94. The molecule has 1 aliphatic heterocycles. The van der Waals surface area contributed by atoms with Crippen LogP contribution in [-0.4, -0.2) is 6.54 Å². The molecule has 2 atom stereocenters. The highest BCUT2D eigenvalue weighted by molar-refractivity contribution is 5.23. The van der Waals surface area contributed by atoms with Crippen LogP contribution in [0.15, 0.2) is 60.7 Å². The molecular weight excluding hydrogens is 218 g/mol. The molecule has 2 aromatic rings. The zero-order chi connectivity index (χ0) is 12.2. The molecule has 0 bridgehead atoms. The second-order valence-corrected chi connectivity index (χ2v) is 5.08. The van der Waals surface area contributed by atoms with Crippen molar-refractivity contribution in [2.75, 3.05) is 6.54 Å². The lowest BCUT2D eigenvalue weighted by molar-refractivity contribution is 0.460. The molecule has 0 unspecified atom stereocenters. The predicted octanol–water partition coefficient (Wildman–Crippen LogP) is 3.58. The maximum Gasteiger partial charge on any atom is 0.0352 e. The van der Waals surface area contributed by atoms with E-state index in [4.69, 9.17) is 0 Å². The highest BCUT2D eigenvalue weighted by atomic mass is 14.9. The van der Waals surface area contributed by atoms with Gasteiger partial charge in [-0.3, -0.25) is 0 Å². The number of nitrogens with one attached hydrogen (secondary N) is 1. The van der Waals surface area contributed by atoms with E-state index in [0.717, 1.165) is 12.5 Å². The molecule has 1 fully saturated rings. The summed E-state index contributed by atoms with van der Waals surface area (Å²) in [7, 11) is 0. The zero-order valence-corrected chi connectivity index (χ0v) is 10.5. The molecule has 0 aliphatic carbocycles. The van der Waals surface area contributed by atoms with Gasteiger partial charge in [-0.15, -0.1) is 0 Å². The van der Waals surface area contributed by atoms with E-state index in [0.29, 0.717) is 6.04 Å².